The van der Waals surface area contributed by atoms with Gasteiger partial charge < -0.3 is 4.74 Å². The third-order valence-corrected chi connectivity index (χ3v) is 11.9. The monoisotopic (exact) mass is 581 g/mol. The van der Waals surface area contributed by atoms with Crippen LogP contribution in [0.2, 0.25) is 0 Å². The van der Waals surface area contributed by atoms with Crippen molar-refractivity contribution in [2.24, 2.45) is 17.3 Å². The fraction of sp³-hybridized carbons (Fsp3) is 0.657. The second kappa shape index (κ2) is 13.6. The predicted octanol–water partition coefficient (Wildman–Crippen LogP) is 8.43. The van der Waals surface area contributed by atoms with Gasteiger partial charge in [-0.1, -0.05) is 82.9 Å². The summed E-state index contributed by atoms with van der Waals surface area (Å²) in [7, 11) is -3.74. The zero-order valence-corrected chi connectivity index (χ0v) is 26.3. The van der Waals surface area contributed by atoms with E-state index in [0.29, 0.717) is 37.5 Å². The van der Waals surface area contributed by atoms with Crippen molar-refractivity contribution < 1.29 is 17.3 Å². The van der Waals surface area contributed by atoms with Gasteiger partial charge in [-0.25, -0.2) is 0 Å². The van der Waals surface area contributed by atoms with E-state index in [1.807, 2.05) is 18.2 Å². The summed E-state index contributed by atoms with van der Waals surface area (Å²) in [4.78, 5) is 0. The minimum atomic E-state index is -3.74. The molecule has 5 nitrogen and oxygen atoms in total. The number of fused-ring (bicyclic) bond motifs is 5. The molecule has 5 rings (SSSR count). The molecule has 3 unspecified atom stereocenters. The Labute approximate surface area is 249 Å². The molecule has 0 heterocycles. The second-order valence-electron chi connectivity index (χ2n) is 13.0. The van der Waals surface area contributed by atoms with Crippen LogP contribution in [-0.4, -0.2) is 31.9 Å². The lowest BCUT2D eigenvalue weighted by Gasteiger charge is -2.50. The highest BCUT2D eigenvalue weighted by Crippen LogP contribution is 2.61. The quantitative estimate of drug-likeness (QED) is 0.210. The molecule has 3 aliphatic rings. The van der Waals surface area contributed by atoms with E-state index < -0.39 is 10.3 Å². The van der Waals surface area contributed by atoms with E-state index in [2.05, 4.69) is 51.1 Å². The summed E-state index contributed by atoms with van der Waals surface area (Å²) >= 11 is 0. The summed E-state index contributed by atoms with van der Waals surface area (Å²) in [6.45, 7) is 8.38. The van der Waals surface area contributed by atoms with Crippen LogP contribution in [0, 0.1) is 17.3 Å². The van der Waals surface area contributed by atoms with Gasteiger partial charge in [0.25, 0.3) is 0 Å². The largest absolute Gasteiger partial charge is 0.489 e. The average Bonchev–Trinajstić information content (AvgIpc) is 3.30. The molecule has 0 spiro atoms. The number of benzene rings is 2. The molecule has 2 saturated carbocycles. The SMILES string of the molecule is CCCCCN(CCCCC)S(=O)(=O)O[C@H]1CCC2C3CCc4cc(OCc5ccccc5)ccc4C3CC[C@@]21C. The van der Waals surface area contributed by atoms with E-state index in [-0.39, 0.29) is 11.5 Å². The van der Waals surface area contributed by atoms with E-state index in [0.717, 1.165) is 76.4 Å². The van der Waals surface area contributed by atoms with Crippen molar-refractivity contribution in [1.82, 2.24) is 4.31 Å². The van der Waals surface area contributed by atoms with Gasteiger partial charge >= 0.3 is 10.3 Å². The van der Waals surface area contributed by atoms with Crippen molar-refractivity contribution >= 4 is 10.3 Å². The Bertz CT molecular complexity index is 1220. The van der Waals surface area contributed by atoms with Crippen molar-refractivity contribution in [3.8, 4) is 5.75 Å². The third-order valence-electron chi connectivity index (χ3n) is 10.4. The highest BCUT2D eigenvalue weighted by Gasteiger charge is 2.56. The molecule has 41 heavy (non-hydrogen) atoms. The molecule has 226 valence electrons. The molecule has 0 aliphatic heterocycles. The Morgan fingerprint density at radius 2 is 1.63 bits per heavy atom. The van der Waals surface area contributed by atoms with Crippen molar-refractivity contribution in [2.75, 3.05) is 13.1 Å². The third kappa shape index (κ3) is 6.86. The van der Waals surface area contributed by atoms with Gasteiger partial charge in [-0.05, 0) is 103 Å². The minimum absolute atomic E-state index is 0.0804. The van der Waals surface area contributed by atoms with Crippen molar-refractivity contribution in [3.05, 3.63) is 65.2 Å². The van der Waals surface area contributed by atoms with Crippen LogP contribution in [0.15, 0.2) is 48.5 Å². The van der Waals surface area contributed by atoms with Gasteiger partial charge in [-0.2, -0.15) is 12.7 Å². The molecule has 0 aromatic heterocycles. The number of rotatable bonds is 14. The lowest BCUT2D eigenvalue weighted by atomic mass is 9.55. The molecule has 0 N–H and O–H groups in total. The highest BCUT2D eigenvalue weighted by atomic mass is 32.2. The Morgan fingerprint density at radius 3 is 2.34 bits per heavy atom. The molecule has 2 fully saturated rings. The standard InChI is InChI=1S/C35H51NO4S/c1-4-6-11-23-36(24-12-7-5-2)41(37,38)40-34-20-19-33-32-17-15-28-25-29(39-26-27-13-9-8-10-14-27)16-18-30(28)31(32)21-22-35(33,34)3/h8-10,13-14,16,18,25,31-34H,4-7,11-12,15,17,19-24,26H2,1-3H3/t31?,32?,33?,34-,35-/m0/s1. The van der Waals surface area contributed by atoms with Crippen LogP contribution >= 0.6 is 0 Å². The first-order valence-corrected chi connectivity index (χ1v) is 17.7. The Hall–Kier alpha value is -1.89. The lowest BCUT2D eigenvalue weighted by Crippen LogP contribution is -2.46. The van der Waals surface area contributed by atoms with Gasteiger partial charge in [0.2, 0.25) is 0 Å². The molecule has 0 bridgehead atoms. The van der Waals surface area contributed by atoms with Crippen LogP contribution in [0.3, 0.4) is 0 Å². The van der Waals surface area contributed by atoms with E-state index in [9.17, 15) is 8.42 Å². The second-order valence-corrected chi connectivity index (χ2v) is 14.6. The first-order valence-electron chi connectivity index (χ1n) is 16.3. The molecule has 2 aromatic rings. The number of ether oxygens (including phenoxy) is 1. The van der Waals surface area contributed by atoms with Crippen molar-refractivity contribution in [1.29, 1.82) is 0 Å². The lowest BCUT2D eigenvalue weighted by molar-refractivity contribution is -0.0111. The van der Waals surface area contributed by atoms with Crippen molar-refractivity contribution in [2.45, 2.75) is 116 Å². The van der Waals surface area contributed by atoms with Gasteiger partial charge in [0.1, 0.15) is 12.4 Å². The van der Waals surface area contributed by atoms with Crippen LogP contribution in [0.1, 0.15) is 114 Å². The highest BCUT2D eigenvalue weighted by molar-refractivity contribution is 7.84. The summed E-state index contributed by atoms with van der Waals surface area (Å²) < 4.78 is 41.2. The number of nitrogens with zero attached hydrogens (tertiary/aromatic N) is 1. The Kier molecular flexibility index (Phi) is 10.1. The maximum absolute atomic E-state index is 13.6. The zero-order valence-electron chi connectivity index (χ0n) is 25.5. The molecule has 2 aromatic carbocycles. The van der Waals surface area contributed by atoms with Crippen LogP contribution < -0.4 is 4.74 Å². The molecule has 0 saturated heterocycles. The van der Waals surface area contributed by atoms with Gasteiger partial charge in [-0.15, -0.1) is 0 Å². The van der Waals surface area contributed by atoms with E-state index in [1.54, 1.807) is 4.31 Å². The number of hydrogen-bond acceptors (Lipinski definition) is 4. The van der Waals surface area contributed by atoms with Crippen molar-refractivity contribution in [3.63, 3.8) is 0 Å². The zero-order chi connectivity index (χ0) is 28.9. The van der Waals surface area contributed by atoms with Crippen LogP contribution in [0.25, 0.3) is 0 Å². The molecule has 3 aliphatic carbocycles. The summed E-state index contributed by atoms with van der Waals surface area (Å²) in [5, 5.41) is 0. The van der Waals surface area contributed by atoms with Gasteiger partial charge in [0, 0.05) is 13.1 Å². The number of hydrogen-bond donors (Lipinski definition) is 0. The molecule has 6 heteroatoms. The summed E-state index contributed by atoms with van der Waals surface area (Å²) in [6, 6.07) is 17.1. The Balaban J connectivity index is 1.25. The maximum atomic E-state index is 13.6. The minimum Gasteiger partial charge on any atom is -0.489 e. The summed E-state index contributed by atoms with van der Waals surface area (Å²) in [6.07, 6.45) is 12.1. The van der Waals surface area contributed by atoms with E-state index in [1.165, 1.54) is 23.1 Å². The van der Waals surface area contributed by atoms with Gasteiger partial charge in [0.05, 0.1) is 6.10 Å². The fourth-order valence-electron chi connectivity index (χ4n) is 8.12. The van der Waals surface area contributed by atoms with Gasteiger partial charge in [0.15, 0.2) is 0 Å². The Morgan fingerprint density at radius 1 is 0.902 bits per heavy atom. The first kappa shape index (κ1) is 30.6. The molecular weight excluding hydrogens is 530 g/mol. The van der Waals surface area contributed by atoms with E-state index >= 15 is 0 Å². The number of aryl methyl sites for hydroxylation is 1. The topological polar surface area (TPSA) is 55.8 Å². The molecule has 5 atom stereocenters. The van der Waals surface area contributed by atoms with E-state index in [4.69, 9.17) is 8.92 Å². The van der Waals surface area contributed by atoms with Crippen LogP contribution in [0.5, 0.6) is 5.75 Å². The molecule has 0 amide bonds. The summed E-state index contributed by atoms with van der Waals surface area (Å²) in [5.41, 5.74) is 4.03. The maximum Gasteiger partial charge on any atom is 0.338 e. The van der Waals surface area contributed by atoms with Crippen LogP contribution in [0.4, 0.5) is 0 Å². The average molecular weight is 582 g/mol. The number of unbranched alkanes of at least 4 members (excludes halogenated alkanes) is 4. The van der Waals surface area contributed by atoms with Gasteiger partial charge in [-0.3, -0.25) is 4.18 Å². The normalized spacial score (nSPS) is 27.3. The predicted molar refractivity (Wildman–Crippen MR) is 166 cm³/mol. The smallest absolute Gasteiger partial charge is 0.338 e. The fourth-order valence-corrected chi connectivity index (χ4v) is 9.56. The molecule has 0 radical (unpaired) electrons. The first-order chi connectivity index (χ1) is 19.9. The summed E-state index contributed by atoms with van der Waals surface area (Å²) in [5.74, 6) is 2.61. The van der Waals surface area contributed by atoms with Crippen LogP contribution in [-0.2, 0) is 27.5 Å². The molecular formula is C35H51NO4S.